The first kappa shape index (κ1) is 18.8. The molecule has 4 saturated carbocycles. The molecule has 148 valence electrons. The summed E-state index contributed by atoms with van der Waals surface area (Å²) in [6.45, 7) is 6.99. The van der Waals surface area contributed by atoms with Crippen LogP contribution in [0.5, 0.6) is 5.75 Å². The van der Waals surface area contributed by atoms with Crippen LogP contribution in [0, 0.1) is 37.0 Å². The number of amides is 1. The van der Waals surface area contributed by atoms with Crippen LogP contribution in [0.1, 0.15) is 69.4 Å². The van der Waals surface area contributed by atoms with Crippen molar-refractivity contribution >= 4 is 5.91 Å². The fraction of sp³-hybridized carbons (Fsp3) is 0.708. The molecule has 0 aliphatic heterocycles. The Morgan fingerprint density at radius 2 is 1.74 bits per heavy atom. The van der Waals surface area contributed by atoms with Crippen molar-refractivity contribution in [3.05, 3.63) is 29.3 Å². The van der Waals surface area contributed by atoms with Gasteiger partial charge >= 0.3 is 0 Å². The molecule has 4 bridgehead atoms. The van der Waals surface area contributed by atoms with Gasteiger partial charge in [-0.05, 0) is 112 Å². The van der Waals surface area contributed by atoms with Gasteiger partial charge in [0.15, 0.2) is 6.10 Å². The Bertz CT molecular complexity index is 660. The van der Waals surface area contributed by atoms with E-state index in [1.165, 1.54) is 49.7 Å². The number of hydrogen-bond acceptors (Lipinski definition) is 2. The lowest BCUT2D eigenvalue weighted by Crippen LogP contribution is -2.48. The average Bonchev–Trinajstić information content (AvgIpc) is 2.61. The van der Waals surface area contributed by atoms with Gasteiger partial charge in [0, 0.05) is 6.54 Å². The Kier molecular flexibility index (Phi) is 5.22. The first-order valence-corrected chi connectivity index (χ1v) is 11.0. The van der Waals surface area contributed by atoms with Crippen LogP contribution in [0.15, 0.2) is 18.2 Å². The number of carbonyl (C=O) groups is 1. The zero-order valence-electron chi connectivity index (χ0n) is 17.2. The summed E-state index contributed by atoms with van der Waals surface area (Å²) >= 11 is 0. The third-order valence-electron chi connectivity index (χ3n) is 7.54. The van der Waals surface area contributed by atoms with Gasteiger partial charge in [-0.25, -0.2) is 0 Å². The van der Waals surface area contributed by atoms with Crippen LogP contribution in [0.25, 0.3) is 0 Å². The van der Waals surface area contributed by atoms with E-state index in [2.05, 4.69) is 25.2 Å². The molecular formula is C24H35NO2. The predicted octanol–water partition coefficient (Wildman–Crippen LogP) is 5.18. The van der Waals surface area contributed by atoms with E-state index in [9.17, 15) is 4.79 Å². The van der Waals surface area contributed by atoms with Crippen LogP contribution in [0.4, 0.5) is 0 Å². The molecule has 0 radical (unpaired) electrons. The Morgan fingerprint density at radius 3 is 2.30 bits per heavy atom. The molecule has 1 N–H and O–H groups in total. The molecule has 4 fully saturated rings. The van der Waals surface area contributed by atoms with Gasteiger partial charge in [0.2, 0.25) is 0 Å². The van der Waals surface area contributed by atoms with Crippen LogP contribution in [0.2, 0.25) is 0 Å². The van der Waals surface area contributed by atoms with E-state index >= 15 is 0 Å². The molecule has 0 saturated heterocycles. The van der Waals surface area contributed by atoms with Crippen molar-refractivity contribution in [1.29, 1.82) is 0 Å². The summed E-state index contributed by atoms with van der Waals surface area (Å²) in [5.41, 5.74) is 2.97. The zero-order valence-corrected chi connectivity index (χ0v) is 17.2. The smallest absolute Gasteiger partial charge is 0.261 e. The van der Waals surface area contributed by atoms with Crippen molar-refractivity contribution in [2.24, 2.45) is 23.2 Å². The van der Waals surface area contributed by atoms with Gasteiger partial charge in [0.05, 0.1) is 0 Å². The molecule has 0 heterocycles. The van der Waals surface area contributed by atoms with Crippen LogP contribution in [0.3, 0.4) is 0 Å². The van der Waals surface area contributed by atoms with Crippen molar-refractivity contribution in [3.63, 3.8) is 0 Å². The van der Waals surface area contributed by atoms with Gasteiger partial charge in [0.1, 0.15) is 5.75 Å². The highest BCUT2D eigenvalue weighted by molar-refractivity contribution is 5.81. The SMILES string of the molecule is CC[C@H](Oc1ccc(C)c(C)c1)C(=O)NCCC12CC3CC(CC(C3)C1)C2. The molecule has 1 atom stereocenters. The molecule has 0 spiro atoms. The molecule has 3 heteroatoms. The molecule has 4 aliphatic rings. The Morgan fingerprint density at radius 1 is 1.11 bits per heavy atom. The van der Waals surface area contributed by atoms with Gasteiger partial charge < -0.3 is 10.1 Å². The minimum absolute atomic E-state index is 0.0421. The first-order valence-electron chi connectivity index (χ1n) is 11.0. The summed E-state index contributed by atoms with van der Waals surface area (Å²) in [7, 11) is 0. The van der Waals surface area contributed by atoms with E-state index in [0.29, 0.717) is 11.8 Å². The highest BCUT2D eigenvalue weighted by atomic mass is 16.5. The van der Waals surface area contributed by atoms with Gasteiger partial charge in [-0.15, -0.1) is 0 Å². The topological polar surface area (TPSA) is 38.3 Å². The largest absolute Gasteiger partial charge is 0.481 e. The molecule has 5 rings (SSSR count). The number of ether oxygens (including phenoxy) is 1. The lowest BCUT2D eigenvalue weighted by Gasteiger charge is -2.57. The Hall–Kier alpha value is -1.51. The molecule has 1 amide bonds. The van der Waals surface area contributed by atoms with Crippen LogP contribution in [-0.4, -0.2) is 18.6 Å². The number of aryl methyl sites for hydroxylation is 2. The maximum absolute atomic E-state index is 12.7. The molecule has 0 aromatic heterocycles. The van der Waals surface area contributed by atoms with Gasteiger partial charge in [-0.1, -0.05) is 13.0 Å². The lowest BCUT2D eigenvalue weighted by atomic mass is 9.49. The van der Waals surface area contributed by atoms with E-state index < -0.39 is 6.10 Å². The standard InChI is InChI=1S/C24H35NO2/c1-4-22(27-21-6-5-16(2)17(3)9-21)23(26)25-8-7-24-13-18-10-19(14-24)12-20(11-18)15-24/h5-6,9,18-20,22H,4,7-8,10-15H2,1-3H3,(H,25,26)/t18?,19?,20?,22-,24?/m0/s1. The lowest BCUT2D eigenvalue weighted by molar-refractivity contribution is -0.128. The number of hydrogen-bond donors (Lipinski definition) is 1. The molecule has 4 aliphatic carbocycles. The third-order valence-corrected chi connectivity index (χ3v) is 7.54. The van der Waals surface area contributed by atoms with Crippen molar-refractivity contribution in [2.45, 2.75) is 78.2 Å². The first-order chi connectivity index (χ1) is 13.0. The molecule has 0 unspecified atom stereocenters. The monoisotopic (exact) mass is 369 g/mol. The minimum Gasteiger partial charge on any atom is -0.481 e. The molecule has 27 heavy (non-hydrogen) atoms. The maximum Gasteiger partial charge on any atom is 0.261 e. The van der Waals surface area contributed by atoms with E-state index in [0.717, 1.165) is 36.5 Å². The van der Waals surface area contributed by atoms with Crippen molar-refractivity contribution in [3.8, 4) is 5.75 Å². The molecular weight excluding hydrogens is 334 g/mol. The van der Waals surface area contributed by atoms with Crippen LogP contribution in [-0.2, 0) is 4.79 Å². The van der Waals surface area contributed by atoms with Gasteiger partial charge in [-0.2, -0.15) is 0 Å². The van der Waals surface area contributed by atoms with Crippen LogP contribution >= 0.6 is 0 Å². The second-order valence-electron chi connectivity index (χ2n) is 9.72. The summed E-state index contributed by atoms with van der Waals surface area (Å²) in [6.07, 6.45) is 10.1. The van der Waals surface area contributed by atoms with Gasteiger partial charge in [0.25, 0.3) is 5.91 Å². The second-order valence-corrected chi connectivity index (χ2v) is 9.72. The third kappa shape index (κ3) is 4.02. The normalized spacial score (nSPS) is 32.3. The van der Waals surface area contributed by atoms with Crippen molar-refractivity contribution < 1.29 is 9.53 Å². The van der Waals surface area contributed by atoms with E-state index in [-0.39, 0.29) is 5.91 Å². The van der Waals surface area contributed by atoms with Crippen LogP contribution < -0.4 is 10.1 Å². The molecule has 3 nitrogen and oxygen atoms in total. The van der Waals surface area contributed by atoms with E-state index in [1.807, 2.05) is 19.1 Å². The van der Waals surface area contributed by atoms with E-state index in [4.69, 9.17) is 4.74 Å². The Labute approximate surface area is 164 Å². The van der Waals surface area contributed by atoms with Crippen molar-refractivity contribution in [1.82, 2.24) is 5.32 Å². The highest BCUT2D eigenvalue weighted by Crippen LogP contribution is 2.61. The summed E-state index contributed by atoms with van der Waals surface area (Å²) in [6, 6.07) is 6.05. The number of benzene rings is 1. The summed E-state index contributed by atoms with van der Waals surface area (Å²) in [5.74, 6) is 3.76. The maximum atomic E-state index is 12.7. The summed E-state index contributed by atoms with van der Waals surface area (Å²) in [4.78, 5) is 12.7. The quantitative estimate of drug-likeness (QED) is 0.719. The summed E-state index contributed by atoms with van der Waals surface area (Å²) < 4.78 is 6.00. The predicted molar refractivity (Wildman–Crippen MR) is 109 cm³/mol. The number of rotatable bonds is 7. The number of nitrogens with one attached hydrogen (secondary N) is 1. The molecule has 1 aromatic rings. The van der Waals surface area contributed by atoms with Gasteiger partial charge in [-0.3, -0.25) is 4.79 Å². The fourth-order valence-corrected chi connectivity index (χ4v) is 6.43. The highest BCUT2D eigenvalue weighted by Gasteiger charge is 2.50. The number of carbonyl (C=O) groups excluding carboxylic acids is 1. The van der Waals surface area contributed by atoms with E-state index in [1.54, 1.807) is 0 Å². The second kappa shape index (κ2) is 7.48. The summed E-state index contributed by atoms with van der Waals surface area (Å²) in [5, 5.41) is 3.19. The van der Waals surface area contributed by atoms with Crippen molar-refractivity contribution in [2.75, 3.05) is 6.54 Å². The Balaban J connectivity index is 1.29. The molecule has 1 aromatic carbocycles. The fourth-order valence-electron chi connectivity index (χ4n) is 6.43. The minimum atomic E-state index is -0.400. The zero-order chi connectivity index (χ0) is 19.0. The average molecular weight is 370 g/mol.